The summed E-state index contributed by atoms with van der Waals surface area (Å²) in [5.74, 6) is 1.07. The lowest BCUT2D eigenvalue weighted by molar-refractivity contribution is 0.319. The third kappa shape index (κ3) is 2.41. The molecule has 1 aromatic carbocycles. The van der Waals surface area contributed by atoms with Crippen molar-refractivity contribution in [1.29, 1.82) is 0 Å². The van der Waals surface area contributed by atoms with E-state index in [0.717, 1.165) is 12.4 Å². The lowest BCUT2D eigenvalue weighted by atomic mass is 10.2. The molecule has 2 aromatic rings. The SMILES string of the molecule is C[C@H](CN1c2ccccc2Sc2cccnc21)N(C)C. The van der Waals surface area contributed by atoms with Gasteiger partial charge in [-0.15, -0.1) is 0 Å². The molecule has 0 bridgehead atoms. The van der Waals surface area contributed by atoms with Crippen LogP contribution < -0.4 is 4.90 Å². The van der Waals surface area contributed by atoms with Crippen LogP contribution in [0.4, 0.5) is 11.5 Å². The van der Waals surface area contributed by atoms with Crippen LogP contribution in [0.1, 0.15) is 6.92 Å². The smallest absolute Gasteiger partial charge is 0.147 e. The molecule has 0 spiro atoms. The summed E-state index contributed by atoms with van der Waals surface area (Å²) < 4.78 is 0. The molecule has 2 heterocycles. The molecule has 4 heteroatoms. The van der Waals surface area contributed by atoms with Crippen LogP contribution in [0.25, 0.3) is 0 Å². The van der Waals surface area contributed by atoms with Crippen molar-refractivity contribution < 1.29 is 0 Å². The third-order valence-corrected chi connectivity index (χ3v) is 4.81. The van der Waals surface area contributed by atoms with Crippen molar-refractivity contribution in [2.45, 2.75) is 22.8 Å². The van der Waals surface area contributed by atoms with Crippen LogP contribution in [0.5, 0.6) is 0 Å². The lowest BCUT2D eigenvalue weighted by Gasteiger charge is -2.34. The average Bonchev–Trinajstić information content (AvgIpc) is 2.46. The van der Waals surface area contributed by atoms with Gasteiger partial charge in [0.25, 0.3) is 0 Å². The molecule has 20 heavy (non-hydrogen) atoms. The Kier molecular flexibility index (Phi) is 3.68. The number of hydrogen-bond donors (Lipinski definition) is 0. The normalized spacial score (nSPS) is 14.9. The van der Waals surface area contributed by atoms with Gasteiger partial charge in [0.15, 0.2) is 0 Å². The summed E-state index contributed by atoms with van der Waals surface area (Å²) >= 11 is 1.80. The van der Waals surface area contributed by atoms with E-state index in [9.17, 15) is 0 Å². The zero-order valence-corrected chi connectivity index (χ0v) is 12.9. The molecule has 0 radical (unpaired) electrons. The molecule has 3 rings (SSSR count). The van der Waals surface area contributed by atoms with Gasteiger partial charge in [-0.25, -0.2) is 4.98 Å². The average molecular weight is 285 g/mol. The second-order valence-corrected chi connectivity index (χ2v) is 6.40. The maximum absolute atomic E-state index is 4.60. The zero-order chi connectivity index (χ0) is 14.1. The molecule has 3 nitrogen and oxygen atoms in total. The van der Waals surface area contributed by atoms with E-state index in [1.165, 1.54) is 15.5 Å². The number of benzene rings is 1. The van der Waals surface area contributed by atoms with Crippen molar-refractivity contribution in [3.05, 3.63) is 42.6 Å². The van der Waals surface area contributed by atoms with E-state index in [4.69, 9.17) is 0 Å². The van der Waals surface area contributed by atoms with Gasteiger partial charge in [-0.1, -0.05) is 23.9 Å². The molecule has 0 fully saturated rings. The van der Waals surface area contributed by atoms with Crippen LogP contribution >= 0.6 is 11.8 Å². The Labute approximate surface area is 124 Å². The topological polar surface area (TPSA) is 19.4 Å². The van der Waals surface area contributed by atoms with Crippen molar-refractivity contribution in [3.63, 3.8) is 0 Å². The number of nitrogens with zero attached hydrogens (tertiary/aromatic N) is 3. The molecule has 1 atom stereocenters. The highest BCUT2D eigenvalue weighted by molar-refractivity contribution is 7.99. The Morgan fingerprint density at radius 2 is 1.90 bits per heavy atom. The van der Waals surface area contributed by atoms with Crippen LogP contribution in [0.2, 0.25) is 0 Å². The minimum atomic E-state index is 0.459. The second-order valence-electron chi connectivity index (χ2n) is 5.32. The largest absolute Gasteiger partial charge is 0.323 e. The molecule has 1 aromatic heterocycles. The quantitative estimate of drug-likeness (QED) is 0.857. The summed E-state index contributed by atoms with van der Waals surface area (Å²) in [6.07, 6.45) is 1.88. The van der Waals surface area contributed by atoms with Crippen LogP contribution in [0.15, 0.2) is 52.4 Å². The van der Waals surface area contributed by atoms with E-state index < -0.39 is 0 Å². The summed E-state index contributed by atoms with van der Waals surface area (Å²) in [4.78, 5) is 11.7. The van der Waals surface area contributed by atoms with Gasteiger partial charge >= 0.3 is 0 Å². The van der Waals surface area contributed by atoms with Crippen molar-refractivity contribution >= 4 is 23.3 Å². The summed E-state index contributed by atoms with van der Waals surface area (Å²) in [6.45, 7) is 3.18. The number of anilines is 2. The molecule has 104 valence electrons. The maximum atomic E-state index is 4.60. The Morgan fingerprint density at radius 3 is 2.70 bits per heavy atom. The van der Waals surface area contributed by atoms with Crippen molar-refractivity contribution in [2.24, 2.45) is 0 Å². The summed E-state index contributed by atoms with van der Waals surface area (Å²) in [6, 6.07) is 13.2. The maximum Gasteiger partial charge on any atom is 0.147 e. The van der Waals surface area contributed by atoms with E-state index >= 15 is 0 Å². The van der Waals surface area contributed by atoms with Crippen LogP contribution in [0.3, 0.4) is 0 Å². The van der Waals surface area contributed by atoms with Gasteiger partial charge in [-0.2, -0.15) is 0 Å². The van der Waals surface area contributed by atoms with Crippen molar-refractivity contribution in [3.8, 4) is 0 Å². The zero-order valence-electron chi connectivity index (χ0n) is 12.1. The molecule has 0 aliphatic carbocycles. The van der Waals surface area contributed by atoms with Gasteiger partial charge in [0.1, 0.15) is 5.82 Å². The molecular formula is C16H19N3S. The van der Waals surface area contributed by atoms with Gasteiger partial charge in [0.05, 0.1) is 10.6 Å². The molecule has 1 aliphatic rings. The second kappa shape index (κ2) is 5.46. The molecular weight excluding hydrogens is 266 g/mol. The molecule has 0 saturated heterocycles. The lowest BCUT2D eigenvalue weighted by Crippen LogP contribution is -2.37. The molecule has 0 amide bonds. The minimum absolute atomic E-state index is 0.459. The summed E-state index contributed by atoms with van der Waals surface area (Å²) in [5, 5.41) is 0. The highest BCUT2D eigenvalue weighted by atomic mass is 32.2. The fourth-order valence-electron chi connectivity index (χ4n) is 2.28. The number of likely N-dealkylation sites (N-methyl/N-ethyl adjacent to an activating group) is 1. The van der Waals surface area contributed by atoms with Gasteiger partial charge in [-0.05, 0) is 45.3 Å². The van der Waals surface area contributed by atoms with Gasteiger partial charge in [0.2, 0.25) is 0 Å². The number of fused-ring (bicyclic) bond motifs is 2. The first-order chi connectivity index (χ1) is 9.66. The van der Waals surface area contributed by atoms with Crippen LogP contribution in [0, 0.1) is 0 Å². The van der Waals surface area contributed by atoms with Crippen LogP contribution in [-0.4, -0.2) is 36.6 Å². The van der Waals surface area contributed by atoms with Crippen molar-refractivity contribution in [2.75, 3.05) is 25.5 Å². The first-order valence-corrected chi connectivity index (χ1v) is 7.64. The highest BCUT2D eigenvalue weighted by Crippen LogP contribution is 2.46. The van der Waals surface area contributed by atoms with E-state index in [1.54, 1.807) is 11.8 Å². The Bertz CT molecular complexity index is 567. The predicted octanol–water partition coefficient (Wildman–Crippen LogP) is 3.63. The molecule has 1 aliphatic heterocycles. The fraction of sp³-hybridized carbons (Fsp3) is 0.312. The molecule has 0 N–H and O–H groups in total. The van der Waals surface area contributed by atoms with E-state index in [0.29, 0.717) is 6.04 Å². The van der Waals surface area contributed by atoms with E-state index in [1.807, 2.05) is 12.3 Å². The minimum Gasteiger partial charge on any atom is -0.323 e. The number of aromatic nitrogens is 1. The van der Waals surface area contributed by atoms with E-state index in [2.05, 4.69) is 66.1 Å². The monoisotopic (exact) mass is 285 g/mol. The van der Waals surface area contributed by atoms with Crippen LogP contribution in [-0.2, 0) is 0 Å². The van der Waals surface area contributed by atoms with Gasteiger partial charge in [-0.3, -0.25) is 0 Å². The van der Waals surface area contributed by atoms with Gasteiger partial charge in [0, 0.05) is 23.7 Å². The number of rotatable bonds is 3. The summed E-state index contributed by atoms with van der Waals surface area (Å²) in [5.41, 5.74) is 1.26. The fourth-order valence-corrected chi connectivity index (χ4v) is 3.34. The van der Waals surface area contributed by atoms with Gasteiger partial charge < -0.3 is 9.80 Å². The standard InChI is InChI=1S/C16H19N3S/c1-12(18(2)3)11-19-13-7-4-5-8-14(13)20-15-9-6-10-17-16(15)19/h4-10,12H,11H2,1-3H3/t12-/m1/s1. The first kappa shape index (κ1) is 13.5. The Hall–Kier alpha value is -1.52. The highest BCUT2D eigenvalue weighted by Gasteiger charge is 2.25. The predicted molar refractivity (Wildman–Crippen MR) is 85.0 cm³/mol. The third-order valence-electron chi connectivity index (χ3n) is 3.71. The summed E-state index contributed by atoms with van der Waals surface area (Å²) in [7, 11) is 4.24. The van der Waals surface area contributed by atoms with E-state index in [-0.39, 0.29) is 0 Å². The molecule has 0 saturated carbocycles. The Morgan fingerprint density at radius 1 is 1.15 bits per heavy atom. The Balaban J connectivity index is 2.03. The van der Waals surface area contributed by atoms with Crippen molar-refractivity contribution in [1.82, 2.24) is 9.88 Å². The number of pyridine rings is 1. The first-order valence-electron chi connectivity index (χ1n) is 6.82. The number of para-hydroxylation sites is 1. The number of hydrogen-bond acceptors (Lipinski definition) is 4. The molecule has 0 unspecified atom stereocenters.